The summed E-state index contributed by atoms with van der Waals surface area (Å²) in [7, 11) is 1.51. The quantitative estimate of drug-likeness (QED) is 0.616. The molecule has 1 saturated heterocycles. The topological polar surface area (TPSA) is 55.6 Å². The normalized spacial score (nSPS) is 15.1. The van der Waals surface area contributed by atoms with Crippen LogP contribution in [0.15, 0.2) is 12.1 Å². The fourth-order valence-electron chi connectivity index (χ4n) is 2.04. The lowest BCUT2D eigenvalue weighted by atomic mass is 10.2. The zero-order chi connectivity index (χ0) is 12.4. The van der Waals surface area contributed by atoms with Crippen molar-refractivity contribution >= 4 is 23.0 Å². The van der Waals surface area contributed by atoms with E-state index >= 15 is 0 Å². The average Bonchev–Trinajstić information content (AvgIpc) is 2.81. The molecule has 0 bridgehead atoms. The Hall–Kier alpha value is -1.49. The lowest BCUT2D eigenvalue weighted by Gasteiger charge is -2.20. The maximum Gasteiger partial charge on any atom is 0.291 e. The van der Waals surface area contributed by atoms with Crippen LogP contribution in [0.5, 0.6) is 5.75 Å². The van der Waals surface area contributed by atoms with E-state index in [2.05, 4.69) is 4.90 Å². The highest BCUT2D eigenvalue weighted by Crippen LogP contribution is 2.38. The summed E-state index contributed by atoms with van der Waals surface area (Å²) in [4.78, 5) is 12.4. The van der Waals surface area contributed by atoms with Crippen molar-refractivity contribution in [3.63, 3.8) is 0 Å². The van der Waals surface area contributed by atoms with Crippen LogP contribution in [0, 0.1) is 10.1 Å². The van der Waals surface area contributed by atoms with Crippen molar-refractivity contribution in [1.29, 1.82) is 0 Å². The van der Waals surface area contributed by atoms with Gasteiger partial charge in [0.2, 0.25) is 0 Å². The molecular formula is C11H13ClN2O3. The summed E-state index contributed by atoms with van der Waals surface area (Å²) in [6.07, 6.45) is 2.25. The van der Waals surface area contributed by atoms with E-state index in [1.54, 1.807) is 6.07 Å². The Labute approximate surface area is 104 Å². The number of nitrogens with zero attached hydrogens (tertiary/aromatic N) is 2. The number of ether oxygens (including phenoxy) is 1. The Bertz CT molecular complexity index is 445. The maximum atomic E-state index is 10.8. The van der Waals surface area contributed by atoms with Crippen molar-refractivity contribution in [3.8, 4) is 5.75 Å². The molecule has 5 nitrogen and oxygen atoms in total. The van der Waals surface area contributed by atoms with E-state index in [-0.39, 0.29) is 10.7 Å². The smallest absolute Gasteiger partial charge is 0.291 e. The third-order valence-electron chi connectivity index (χ3n) is 2.89. The van der Waals surface area contributed by atoms with Crippen LogP contribution < -0.4 is 9.64 Å². The van der Waals surface area contributed by atoms with Crippen LogP contribution in [0.2, 0.25) is 5.02 Å². The summed E-state index contributed by atoms with van der Waals surface area (Å²) in [6.45, 7) is 1.87. The second kappa shape index (κ2) is 4.79. The first-order valence-corrected chi connectivity index (χ1v) is 5.78. The number of nitro groups is 1. The number of hydrogen-bond acceptors (Lipinski definition) is 4. The van der Waals surface area contributed by atoms with Crippen molar-refractivity contribution in [3.05, 3.63) is 27.3 Å². The molecular weight excluding hydrogens is 244 g/mol. The number of benzene rings is 1. The minimum Gasteiger partial charge on any atom is -0.494 e. The summed E-state index contributed by atoms with van der Waals surface area (Å²) in [5.74, 6) is 0.503. The number of nitro benzene ring substituents is 1. The first kappa shape index (κ1) is 12.0. The molecule has 0 unspecified atom stereocenters. The Balaban J connectivity index is 2.44. The highest BCUT2D eigenvalue weighted by molar-refractivity contribution is 6.33. The molecule has 0 saturated carbocycles. The summed E-state index contributed by atoms with van der Waals surface area (Å²) in [5, 5.41) is 10.9. The first-order valence-electron chi connectivity index (χ1n) is 5.40. The van der Waals surface area contributed by atoms with E-state index < -0.39 is 4.92 Å². The van der Waals surface area contributed by atoms with Gasteiger partial charge in [-0.1, -0.05) is 11.6 Å². The molecule has 1 aromatic carbocycles. The van der Waals surface area contributed by atoms with Crippen LogP contribution >= 0.6 is 11.6 Å². The molecule has 0 aromatic heterocycles. The molecule has 1 aliphatic rings. The Morgan fingerprint density at radius 2 is 2.06 bits per heavy atom. The molecule has 92 valence electrons. The van der Waals surface area contributed by atoms with Crippen molar-refractivity contribution in [1.82, 2.24) is 0 Å². The van der Waals surface area contributed by atoms with Gasteiger partial charge in [-0.3, -0.25) is 10.1 Å². The number of anilines is 1. The molecule has 2 rings (SSSR count). The third kappa shape index (κ3) is 2.29. The van der Waals surface area contributed by atoms with Gasteiger partial charge in [0.15, 0.2) is 0 Å². The summed E-state index contributed by atoms with van der Waals surface area (Å²) < 4.78 is 5.20. The summed E-state index contributed by atoms with van der Waals surface area (Å²) >= 11 is 5.91. The lowest BCUT2D eigenvalue weighted by molar-refractivity contribution is -0.384. The van der Waals surface area contributed by atoms with E-state index in [0.29, 0.717) is 5.75 Å². The van der Waals surface area contributed by atoms with Crippen molar-refractivity contribution < 1.29 is 9.66 Å². The molecule has 17 heavy (non-hydrogen) atoms. The molecule has 6 heteroatoms. The molecule has 1 aromatic rings. The Kier molecular flexibility index (Phi) is 3.38. The lowest BCUT2D eigenvalue weighted by Crippen LogP contribution is -2.18. The Morgan fingerprint density at radius 1 is 1.41 bits per heavy atom. The van der Waals surface area contributed by atoms with Crippen molar-refractivity contribution in [2.24, 2.45) is 0 Å². The number of rotatable bonds is 3. The van der Waals surface area contributed by atoms with Gasteiger partial charge in [-0.05, 0) is 18.9 Å². The highest BCUT2D eigenvalue weighted by atomic mass is 35.5. The van der Waals surface area contributed by atoms with Gasteiger partial charge in [-0.2, -0.15) is 0 Å². The van der Waals surface area contributed by atoms with Crippen LogP contribution in [0.3, 0.4) is 0 Å². The van der Waals surface area contributed by atoms with Crippen LogP contribution in [0.1, 0.15) is 12.8 Å². The van der Waals surface area contributed by atoms with Gasteiger partial charge in [-0.25, -0.2) is 0 Å². The second-order valence-corrected chi connectivity index (χ2v) is 4.33. The number of hydrogen-bond donors (Lipinski definition) is 0. The van der Waals surface area contributed by atoms with Crippen LogP contribution in [0.4, 0.5) is 11.4 Å². The third-order valence-corrected chi connectivity index (χ3v) is 3.19. The largest absolute Gasteiger partial charge is 0.494 e. The predicted molar refractivity (Wildman–Crippen MR) is 66.1 cm³/mol. The van der Waals surface area contributed by atoms with Gasteiger partial charge in [0, 0.05) is 13.1 Å². The van der Waals surface area contributed by atoms with E-state index in [0.717, 1.165) is 31.6 Å². The summed E-state index contributed by atoms with van der Waals surface area (Å²) in [6, 6.07) is 3.00. The van der Waals surface area contributed by atoms with Gasteiger partial charge in [0.1, 0.15) is 10.8 Å². The molecule has 0 atom stereocenters. The minimum atomic E-state index is -0.501. The molecule has 0 spiro atoms. The van der Waals surface area contributed by atoms with E-state index in [1.165, 1.54) is 13.2 Å². The number of halogens is 1. The van der Waals surface area contributed by atoms with E-state index in [4.69, 9.17) is 16.3 Å². The predicted octanol–water partition coefficient (Wildman–Crippen LogP) is 2.86. The number of methoxy groups -OCH3 is 1. The molecule has 0 N–H and O–H groups in total. The van der Waals surface area contributed by atoms with Crippen molar-refractivity contribution in [2.45, 2.75) is 12.8 Å². The minimum absolute atomic E-state index is 0.119. The zero-order valence-electron chi connectivity index (χ0n) is 9.48. The van der Waals surface area contributed by atoms with Gasteiger partial charge < -0.3 is 9.64 Å². The highest BCUT2D eigenvalue weighted by Gasteiger charge is 2.22. The fourth-order valence-corrected chi connectivity index (χ4v) is 2.27. The van der Waals surface area contributed by atoms with Crippen LogP contribution in [-0.2, 0) is 0 Å². The SMILES string of the molecule is COc1cc([N+](=O)[O-])c(Cl)cc1N1CCCC1. The second-order valence-electron chi connectivity index (χ2n) is 3.93. The zero-order valence-corrected chi connectivity index (χ0v) is 10.2. The van der Waals surface area contributed by atoms with Gasteiger partial charge in [0.05, 0.1) is 23.8 Å². The molecule has 0 aliphatic carbocycles. The standard InChI is InChI=1S/C11H13ClN2O3/c1-17-11-7-9(14(15)16)8(12)6-10(11)13-4-2-3-5-13/h6-7H,2-5H2,1H3. The molecule has 0 amide bonds. The maximum absolute atomic E-state index is 10.8. The van der Waals surface area contributed by atoms with Gasteiger partial charge >= 0.3 is 0 Å². The molecule has 1 fully saturated rings. The van der Waals surface area contributed by atoms with Crippen LogP contribution in [0.25, 0.3) is 0 Å². The van der Waals surface area contributed by atoms with Gasteiger partial charge in [-0.15, -0.1) is 0 Å². The average molecular weight is 257 g/mol. The van der Waals surface area contributed by atoms with Crippen LogP contribution in [-0.4, -0.2) is 25.1 Å². The molecule has 0 radical (unpaired) electrons. The Morgan fingerprint density at radius 3 is 2.59 bits per heavy atom. The van der Waals surface area contributed by atoms with E-state index in [1.807, 2.05) is 0 Å². The molecule has 1 aliphatic heterocycles. The van der Waals surface area contributed by atoms with Gasteiger partial charge in [0.25, 0.3) is 5.69 Å². The van der Waals surface area contributed by atoms with E-state index in [9.17, 15) is 10.1 Å². The first-order chi connectivity index (χ1) is 8.13. The van der Waals surface area contributed by atoms with Crippen molar-refractivity contribution in [2.75, 3.05) is 25.1 Å². The fraction of sp³-hybridized carbons (Fsp3) is 0.455. The monoisotopic (exact) mass is 256 g/mol. The summed E-state index contributed by atoms with van der Waals surface area (Å²) in [5.41, 5.74) is 0.715. The molecule has 1 heterocycles.